The van der Waals surface area contributed by atoms with E-state index in [1.807, 2.05) is 7.05 Å². The lowest BCUT2D eigenvalue weighted by atomic mass is 10.0. The number of aromatic nitrogens is 3. The van der Waals surface area contributed by atoms with Gasteiger partial charge in [-0.2, -0.15) is 0 Å². The van der Waals surface area contributed by atoms with Gasteiger partial charge in [0.2, 0.25) is 5.95 Å². The van der Waals surface area contributed by atoms with Crippen molar-refractivity contribution in [2.24, 2.45) is 0 Å². The van der Waals surface area contributed by atoms with Crippen molar-refractivity contribution < 1.29 is 4.39 Å². The first-order chi connectivity index (χ1) is 10.6. The SMILES string of the molecule is CN(c1ncc(Cl)cn1)C1CCN(c2ccc(F)cn2)CC1. The van der Waals surface area contributed by atoms with Crippen LogP contribution in [0.5, 0.6) is 0 Å². The van der Waals surface area contributed by atoms with E-state index in [0.29, 0.717) is 17.0 Å². The third kappa shape index (κ3) is 3.27. The highest BCUT2D eigenvalue weighted by Crippen LogP contribution is 2.22. The molecule has 116 valence electrons. The molecule has 5 nitrogen and oxygen atoms in total. The van der Waals surface area contributed by atoms with Gasteiger partial charge in [-0.1, -0.05) is 11.6 Å². The van der Waals surface area contributed by atoms with E-state index >= 15 is 0 Å². The zero-order valence-corrected chi connectivity index (χ0v) is 13.0. The third-order valence-electron chi connectivity index (χ3n) is 3.97. The smallest absolute Gasteiger partial charge is 0.225 e. The molecule has 2 aromatic rings. The van der Waals surface area contributed by atoms with Gasteiger partial charge in [0.1, 0.15) is 11.6 Å². The molecular formula is C15H17ClFN5. The van der Waals surface area contributed by atoms with E-state index in [-0.39, 0.29) is 5.82 Å². The molecule has 2 aromatic heterocycles. The van der Waals surface area contributed by atoms with Gasteiger partial charge in [-0.3, -0.25) is 0 Å². The molecule has 22 heavy (non-hydrogen) atoms. The molecule has 0 bridgehead atoms. The summed E-state index contributed by atoms with van der Waals surface area (Å²) < 4.78 is 12.9. The molecule has 1 saturated heterocycles. The van der Waals surface area contributed by atoms with Crippen molar-refractivity contribution in [3.05, 3.63) is 41.6 Å². The van der Waals surface area contributed by atoms with Crippen molar-refractivity contribution >= 4 is 23.4 Å². The van der Waals surface area contributed by atoms with Gasteiger partial charge >= 0.3 is 0 Å². The molecule has 0 unspecified atom stereocenters. The van der Waals surface area contributed by atoms with Crippen molar-refractivity contribution in [1.82, 2.24) is 15.0 Å². The second-order valence-corrected chi connectivity index (χ2v) is 5.80. The molecular weight excluding hydrogens is 305 g/mol. The van der Waals surface area contributed by atoms with Crippen LogP contribution in [-0.2, 0) is 0 Å². The van der Waals surface area contributed by atoms with Crippen LogP contribution < -0.4 is 9.80 Å². The Bertz CT molecular complexity index is 611. The summed E-state index contributed by atoms with van der Waals surface area (Å²) in [6, 6.07) is 3.54. The summed E-state index contributed by atoms with van der Waals surface area (Å²) in [7, 11) is 2.00. The van der Waals surface area contributed by atoms with Crippen LogP contribution in [0.25, 0.3) is 0 Å². The van der Waals surface area contributed by atoms with Gasteiger partial charge in [0.15, 0.2) is 0 Å². The average molecular weight is 322 g/mol. The Morgan fingerprint density at radius 1 is 1.14 bits per heavy atom. The summed E-state index contributed by atoms with van der Waals surface area (Å²) in [5.74, 6) is 1.20. The topological polar surface area (TPSA) is 45.2 Å². The summed E-state index contributed by atoms with van der Waals surface area (Å²) in [4.78, 5) is 16.9. The van der Waals surface area contributed by atoms with Crippen LogP contribution in [0.1, 0.15) is 12.8 Å². The van der Waals surface area contributed by atoms with Gasteiger partial charge in [0.05, 0.1) is 23.6 Å². The molecule has 3 heterocycles. The first-order valence-corrected chi connectivity index (χ1v) is 7.58. The normalized spacial score (nSPS) is 15.9. The third-order valence-corrected chi connectivity index (χ3v) is 4.17. The van der Waals surface area contributed by atoms with Crippen molar-refractivity contribution in [2.45, 2.75) is 18.9 Å². The number of hydrogen-bond acceptors (Lipinski definition) is 5. The molecule has 0 N–H and O–H groups in total. The fourth-order valence-electron chi connectivity index (χ4n) is 2.69. The molecule has 1 fully saturated rings. The molecule has 0 atom stereocenters. The summed E-state index contributed by atoms with van der Waals surface area (Å²) >= 11 is 5.82. The Morgan fingerprint density at radius 3 is 2.41 bits per heavy atom. The van der Waals surface area contributed by atoms with Crippen molar-refractivity contribution in [3.8, 4) is 0 Å². The summed E-state index contributed by atoms with van der Waals surface area (Å²) in [5, 5.41) is 0.536. The molecule has 0 saturated carbocycles. The lowest BCUT2D eigenvalue weighted by molar-refractivity contribution is 0.475. The lowest BCUT2D eigenvalue weighted by Crippen LogP contribution is -2.44. The monoisotopic (exact) mass is 321 g/mol. The Kier molecular flexibility index (Phi) is 4.38. The van der Waals surface area contributed by atoms with E-state index in [1.54, 1.807) is 18.5 Å². The average Bonchev–Trinajstić information content (AvgIpc) is 2.56. The molecule has 0 aliphatic carbocycles. The highest BCUT2D eigenvalue weighted by Gasteiger charge is 2.24. The van der Waals surface area contributed by atoms with Gasteiger partial charge in [-0.15, -0.1) is 0 Å². The van der Waals surface area contributed by atoms with E-state index < -0.39 is 0 Å². The number of pyridine rings is 1. The number of nitrogens with zero attached hydrogens (tertiary/aromatic N) is 5. The van der Waals surface area contributed by atoms with Crippen LogP contribution >= 0.6 is 11.6 Å². The Morgan fingerprint density at radius 2 is 1.82 bits per heavy atom. The van der Waals surface area contributed by atoms with Crippen molar-refractivity contribution in [2.75, 3.05) is 29.9 Å². The maximum atomic E-state index is 12.9. The highest BCUT2D eigenvalue weighted by atomic mass is 35.5. The predicted octanol–water partition coefficient (Wildman–Crippen LogP) is 2.77. The van der Waals surface area contributed by atoms with E-state index in [9.17, 15) is 4.39 Å². The second kappa shape index (κ2) is 6.44. The van der Waals surface area contributed by atoms with Gasteiger partial charge in [-0.25, -0.2) is 19.3 Å². The molecule has 0 amide bonds. The summed E-state index contributed by atoms with van der Waals surface area (Å²) in [6.07, 6.45) is 6.42. The first-order valence-electron chi connectivity index (χ1n) is 7.20. The number of hydrogen-bond donors (Lipinski definition) is 0. The molecule has 0 spiro atoms. The molecule has 0 aromatic carbocycles. The van der Waals surface area contributed by atoms with E-state index in [0.717, 1.165) is 31.7 Å². The van der Waals surface area contributed by atoms with Crippen LogP contribution in [0.4, 0.5) is 16.2 Å². The van der Waals surface area contributed by atoms with E-state index in [1.165, 1.54) is 12.3 Å². The maximum Gasteiger partial charge on any atom is 0.225 e. The largest absolute Gasteiger partial charge is 0.356 e. The number of piperidine rings is 1. The van der Waals surface area contributed by atoms with Crippen LogP contribution in [0.3, 0.4) is 0 Å². The second-order valence-electron chi connectivity index (χ2n) is 5.37. The first kappa shape index (κ1) is 15.0. The minimum absolute atomic E-state index is 0.307. The maximum absolute atomic E-state index is 12.9. The van der Waals surface area contributed by atoms with Crippen LogP contribution in [0.2, 0.25) is 5.02 Å². The van der Waals surface area contributed by atoms with E-state index in [2.05, 4.69) is 24.8 Å². The van der Waals surface area contributed by atoms with Gasteiger partial charge in [0, 0.05) is 26.2 Å². The highest BCUT2D eigenvalue weighted by molar-refractivity contribution is 6.30. The Labute approximate surface area is 133 Å². The standard InChI is InChI=1S/C15H17ClFN5/c1-21(15-19-8-11(16)9-20-15)13-4-6-22(7-5-13)14-3-2-12(17)10-18-14/h2-3,8-10,13H,4-7H2,1H3. The van der Waals surface area contributed by atoms with Crippen molar-refractivity contribution in [3.63, 3.8) is 0 Å². The molecule has 1 aliphatic heterocycles. The zero-order valence-electron chi connectivity index (χ0n) is 12.3. The lowest BCUT2D eigenvalue weighted by Gasteiger charge is -2.37. The van der Waals surface area contributed by atoms with Gasteiger partial charge in [-0.05, 0) is 25.0 Å². The van der Waals surface area contributed by atoms with Crippen LogP contribution in [0.15, 0.2) is 30.7 Å². The van der Waals surface area contributed by atoms with Crippen molar-refractivity contribution in [1.29, 1.82) is 0 Å². The minimum Gasteiger partial charge on any atom is -0.356 e. The predicted molar refractivity (Wildman–Crippen MR) is 84.9 cm³/mol. The molecule has 7 heteroatoms. The minimum atomic E-state index is -0.307. The summed E-state index contributed by atoms with van der Waals surface area (Å²) in [6.45, 7) is 1.75. The Hall–Kier alpha value is -1.95. The molecule has 1 aliphatic rings. The number of anilines is 2. The molecule has 0 radical (unpaired) electrons. The fraction of sp³-hybridized carbons (Fsp3) is 0.400. The van der Waals surface area contributed by atoms with Gasteiger partial charge in [0.25, 0.3) is 0 Å². The zero-order chi connectivity index (χ0) is 15.5. The Balaban J connectivity index is 1.61. The molecule has 3 rings (SSSR count). The van der Waals surface area contributed by atoms with Crippen LogP contribution in [-0.4, -0.2) is 41.1 Å². The fourth-order valence-corrected chi connectivity index (χ4v) is 2.79. The number of halogens is 2. The number of rotatable bonds is 3. The van der Waals surface area contributed by atoms with Crippen LogP contribution in [0, 0.1) is 5.82 Å². The van der Waals surface area contributed by atoms with Gasteiger partial charge < -0.3 is 9.80 Å². The van der Waals surface area contributed by atoms with E-state index in [4.69, 9.17) is 11.6 Å². The summed E-state index contributed by atoms with van der Waals surface area (Å²) in [5.41, 5.74) is 0. The quantitative estimate of drug-likeness (QED) is 0.870.